The molecule has 1 aromatic rings. The minimum absolute atomic E-state index is 0.570. The fourth-order valence-electron chi connectivity index (χ4n) is 1.23. The highest BCUT2D eigenvalue weighted by molar-refractivity contribution is 5.70. The lowest BCUT2D eigenvalue weighted by atomic mass is 10.2. The van der Waals surface area contributed by atoms with Crippen LogP contribution < -0.4 is 0 Å². The third-order valence-electron chi connectivity index (χ3n) is 2.01. The lowest BCUT2D eigenvalue weighted by Gasteiger charge is -2.06. The van der Waals surface area contributed by atoms with Crippen LogP contribution in [0.1, 0.15) is 31.5 Å². The zero-order valence-corrected chi connectivity index (χ0v) is 8.20. The molecule has 78 valence electrons. The fourth-order valence-corrected chi connectivity index (χ4v) is 1.23. The predicted octanol–water partition coefficient (Wildman–Crippen LogP) is 1.56. The molecule has 0 amide bonds. The first-order valence-corrected chi connectivity index (χ1v) is 4.54. The van der Waals surface area contributed by atoms with E-state index in [9.17, 15) is 9.18 Å². The molecule has 0 aromatic carbocycles. The van der Waals surface area contributed by atoms with E-state index in [0.29, 0.717) is 24.2 Å². The Morgan fingerprint density at radius 2 is 2.29 bits per heavy atom. The van der Waals surface area contributed by atoms with Gasteiger partial charge in [-0.15, -0.1) is 0 Å². The lowest BCUT2D eigenvalue weighted by Crippen LogP contribution is -2.17. The molecule has 1 heterocycles. The second kappa shape index (κ2) is 4.21. The van der Waals surface area contributed by atoms with Gasteiger partial charge in [0, 0.05) is 5.69 Å². The van der Waals surface area contributed by atoms with Crippen LogP contribution in [0.25, 0.3) is 0 Å². The van der Waals surface area contributed by atoms with Gasteiger partial charge in [-0.05, 0) is 18.9 Å². The molecule has 5 heteroatoms. The van der Waals surface area contributed by atoms with E-state index in [2.05, 4.69) is 5.10 Å². The van der Waals surface area contributed by atoms with Gasteiger partial charge in [-0.1, -0.05) is 13.8 Å². The quantitative estimate of drug-likeness (QED) is 0.802. The average Bonchev–Trinajstić information content (AvgIpc) is 2.59. The van der Waals surface area contributed by atoms with Crippen LogP contribution in [-0.4, -0.2) is 20.9 Å². The molecule has 1 aromatic heterocycles. The summed E-state index contributed by atoms with van der Waals surface area (Å²) in [6, 6.07) is 1.73. The van der Waals surface area contributed by atoms with Crippen molar-refractivity contribution in [3.8, 4) is 0 Å². The molecule has 1 N–H and O–H groups in total. The maximum Gasteiger partial charge on any atom is 0.361 e. The van der Waals surface area contributed by atoms with Gasteiger partial charge in [0.05, 0.1) is 5.69 Å². The van der Waals surface area contributed by atoms with Crippen LogP contribution in [0.3, 0.4) is 0 Å². The summed E-state index contributed by atoms with van der Waals surface area (Å²) in [4.78, 5) is 10.4. The molecule has 0 bridgehead atoms. The highest BCUT2D eigenvalue weighted by atomic mass is 19.1. The van der Waals surface area contributed by atoms with Gasteiger partial charge in [0.2, 0.25) is 0 Å². The van der Waals surface area contributed by atoms with Crippen LogP contribution in [0.2, 0.25) is 0 Å². The van der Waals surface area contributed by atoms with Crippen molar-refractivity contribution in [2.45, 2.75) is 33.0 Å². The average molecular weight is 200 g/mol. The summed E-state index contributed by atoms with van der Waals surface area (Å²) in [5.41, 5.74) is 1.32. The fraction of sp³-hybridized carbons (Fsp3) is 0.556. The summed E-state index contributed by atoms with van der Waals surface area (Å²) < 4.78 is 14.1. The van der Waals surface area contributed by atoms with Crippen molar-refractivity contribution in [2.24, 2.45) is 0 Å². The summed E-state index contributed by atoms with van der Waals surface area (Å²) in [7, 11) is 0. The molecule has 1 unspecified atom stereocenters. The van der Waals surface area contributed by atoms with Gasteiger partial charge in [-0.25, -0.2) is 13.9 Å². The molecule has 0 aliphatic rings. The van der Waals surface area contributed by atoms with Crippen molar-refractivity contribution < 1.29 is 14.3 Å². The molecule has 0 fully saturated rings. The molecule has 0 aliphatic heterocycles. The first-order chi connectivity index (χ1) is 6.60. The summed E-state index contributed by atoms with van der Waals surface area (Å²) in [5, 5.41) is 12.4. The van der Waals surface area contributed by atoms with E-state index in [4.69, 9.17) is 5.11 Å². The van der Waals surface area contributed by atoms with Crippen molar-refractivity contribution in [3.63, 3.8) is 0 Å². The van der Waals surface area contributed by atoms with Crippen molar-refractivity contribution in [1.29, 1.82) is 0 Å². The zero-order valence-electron chi connectivity index (χ0n) is 8.20. The number of aromatic nitrogens is 2. The second-order valence-corrected chi connectivity index (χ2v) is 2.95. The van der Waals surface area contributed by atoms with Gasteiger partial charge >= 0.3 is 5.97 Å². The van der Waals surface area contributed by atoms with Gasteiger partial charge in [0.15, 0.2) is 0 Å². The molecule has 4 nitrogen and oxygen atoms in total. The minimum Gasteiger partial charge on any atom is -0.478 e. The summed E-state index contributed by atoms with van der Waals surface area (Å²) in [5.74, 6) is -1.51. The zero-order chi connectivity index (χ0) is 10.7. The van der Waals surface area contributed by atoms with Gasteiger partial charge in [0.1, 0.15) is 0 Å². The maximum atomic E-state index is 13.2. The van der Waals surface area contributed by atoms with Gasteiger partial charge < -0.3 is 5.11 Å². The molecule has 0 radical (unpaired) electrons. The Morgan fingerprint density at radius 3 is 2.71 bits per heavy atom. The van der Waals surface area contributed by atoms with E-state index < -0.39 is 12.3 Å². The molecule has 0 spiro atoms. The van der Waals surface area contributed by atoms with Gasteiger partial charge in [-0.2, -0.15) is 5.10 Å². The van der Waals surface area contributed by atoms with Gasteiger partial charge in [0.25, 0.3) is 6.30 Å². The number of aliphatic carboxylic acids is 1. The highest BCUT2D eigenvalue weighted by Crippen LogP contribution is 2.14. The van der Waals surface area contributed by atoms with Gasteiger partial charge in [-0.3, -0.25) is 0 Å². The highest BCUT2D eigenvalue weighted by Gasteiger charge is 2.21. The van der Waals surface area contributed by atoms with E-state index in [1.54, 1.807) is 6.07 Å². The summed E-state index contributed by atoms with van der Waals surface area (Å²) in [6.07, 6.45) is -0.835. The number of carboxylic acid groups (broad SMARTS) is 1. The Kier molecular flexibility index (Phi) is 3.22. The molecule has 1 rings (SSSR count). The molecular weight excluding hydrogens is 187 g/mol. The Bertz CT molecular complexity index is 336. The molecule has 1 atom stereocenters. The number of halogens is 1. The molecular formula is C9H13FN2O2. The molecule has 14 heavy (non-hydrogen) atoms. The van der Waals surface area contributed by atoms with E-state index in [0.717, 1.165) is 4.68 Å². The maximum absolute atomic E-state index is 13.2. The normalized spacial score (nSPS) is 12.8. The number of hydrogen-bond acceptors (Lipinski definition) is 2. The molecule has 0 saturated heterocycles. The van der Waals surface area contributed by atoms with Crippen LogP contribution in [0.4, 0.5) is 4.39 Å². The monoisotopic (exact) mass is 200 g/mol. The van der Waals surface area contributed by atoms with Crippen molar-refractivity contribution in [3.05, 3.63) is 17.5 Å². The largest absolute Gasteiger partial charge is 0.478 e. The number of carboxylic acids is 1. The van der Waals surface area contributed by atoms with Crippen LogP contribution in [0.5, 0.6) is 0 Å². The van der Waals surface area contributed by atoms with E-state index >= 15 is 0 Å². The SMILES string of the molecule is CCc1cc(CC)n(C(F)C(=O)O)n1. The third kappa shape index (κ3) is 1.92. The first kappa shape index (κ1) is 10.7. The van der Waals surface area contributed by atoms with E-state index in [1.807, 2.05) is 13.8 Å². The topological polar surface area (TPSA) is 55.1 Å². The van der Waals surface area contributed by atoms with Crippen molar-refractivity contribution >= 4 is 5.97 Å². The standard InChI is InChI=1S/C9H13FN2O2/c1-3-6-5-7(4-2)12(11-6)8(10)9(13)14/h5,8H,3-4H2,1-2H3,(H,13,14). The Balaban J connectivity index is 3.05. The van der Waals surface area contributed by atoms with Crippen LogP contribution >= 0.6 is 0 Å². The number of carbonyl (C=O) groups is 1. The number of rotatable bonds is 4. The lowest BCUT2D eigenvalue weighted by molar-refractivity contribution is -0.147. The predicted molar refractivity (Wildman–Crippen MR) is 48.8 cm³/mol. The molecule has 0 saturated carbocycles. The first-order valence-electron chi connectivity index (χ1n) is 4.54. The van der Waals surface area contributed by atoms with Crippen molar-refractivity contribution in [1.82, 2.24) is 9.78 Å². The van der Waals surface area contributed by atoms with Crippen LogP contribution in [0.15, 0.2) is 6.07 Å². The second-order valence-electron chi connectivity index (χ2n) is 2.95. The number of hydrogen-bond donors (Lipinski definition) is 1. The summed E-state index contributed by atoms with van der Waals surface area (Å²) in [6.45, 7) is 3.72. The van der Waals surface area contributed by atoms with Crippen molar-refractivity contribution in [2.75, 3.05) is 0 Å². The Labute approximate surface area is 81.3 Å². The smallest absolute Gasteiger partial charge is 0.361 e. The van der Waals surface area contributed by atoms with Crippen LogP contribution in [-0.2, 0) is 17.6 Å². The van der Waals surface area contributed by atoms with E-state index in [-0.39, 0.29) is 0 Å². The minimum atomic E-state index is -2.08. The Hall–Kier alpha value is -1.39. The van der Waals surface area contributed by atoms with E-state index in [1.165, 1.54) is 0 Å². The molecule has 0 aliphatic carbocycles. The number of alkyl halides is 1. The Morgan fingerprint density at radius 1 is 1.64 bits per heavy atom. The third-order valence-corrected chi connectivity index (χ3v) is 2.01. The number of nitrogens with zero attached hydrogens (tertiary/aromatic N) is 2. The van der Waals surface area contributed by atoms with Crippen LogP contribution in [0, 0.1) is 0 Å². The summed E-state index contributed by atoms with van der Waals surface area (Å²) >= 11 is 0. The number of aryl methyl sites for hydroxylation is 2.